The third-order valence-corrected chi connectivity index (χ3v) is 3.32. The van der Waals surface area contributed by atoms with Crippen molar-refractivity contribution in [3.05, 3.63) is 64.7 Å². The molecule has 0 saturated heterocycles. The lowest BCUT2D eigenvalue weighted by Gasteiger charge is -2.12. The van der Waals surface area contributed by atoms with Gasteiger partial charge in [0.25, 0.3) is 11.8 Å². The van der Waals surface area contributed by atoms with Crippen LogP contribution in [0.2, 0.25) is 0 Å². The SMILES string of the molecule is Cc1cc(NC(=O)c2cc(F)ccc2F)ccc1C(=O)NC(C)C. The number of benzene rings is 2. The molecular weight excluding hydrogens is 314 g/mol. The topological polar surface area (TPSA) is 58.2 Å². The van der Waals surface area contributed by atoms with Gasteiger partial charge in [0.1, 0.15) is 11.6 Å². The molecule has 2 rings (SSSR count). The second-order valence-electron chi connectivity index (χ2n) is 5.74. The molecule has 2 N–H and O–H groups in total. The molecule has 126 valence electrons. The fourth-order valence-electron chi connectivity index (χ4n) is 2.21. The van der Waals surface area contributed by atoms with Gasteiger partial charge in [-0.05, 0) is 62.7 Å². The van der Waals surface area contributed by atoms with E-state index in [1.165, 1.54) is 6.07 Å². The van der Waals surface area contributed by atoms with Crippen LogP contribution in [0, 0.1) is 18.6 Å². The van der Waals surface area contributed by atoms with Gasteiger partial charge in [-0.15, -0.1) is 0 Å². The zero-order valence-corrected chi connectivity index (χ0v) is 13.6. The summed E-state index contributed by atoms with van der Waals surface area (Å²) in [6, 6.07) is 7.40. The zero-order chi connectivity index (χ0) is 17.9. The summed E-state index contributed by atoms with van der Waals surface area (Å²) in [5.41, 5.74) is 1.15. The van der Waals surface area contributed by atoms with Crippen LogP contribution >= 0.6 is 0 Å². The molecule has 0 aliphatic rings. The van der Waals surface area contributed by atoms with Gasteiger partial charge in [-0.3, -0.25) is 9.59 Å². The molecule has 24 heavy (non-hydrogen) atoms. The van der Waals surface area contributed by atoms with Crippen molar-refractivity contribution >= 4 is 17.5 Å². The van der Waals surface area contributed by atoms with Crippen molar-refractivity contribution in [1.29, 1.82) is 0 Å². The highest BCUT2D eigenvalue weighted by atomic mass is 19.1. The van der Waals surface area contributed by atoms with Crippen molar-refractivity contribution in [2.24, 2.45) is 0 Å². The number of carbonyl (C=O) groups is 2. The summed E-state index contributed by atoms with van der Waals surface area (Å²) >= 11 is 0. The van der Waals surface area contributed by atoms with Crippen LogP contribution in [-0.2, 0) is 0 Å². The van der Waals surface area contributed by atoms with Gasteiger partial charge in [-0.2, -0.15) is 0 Å². The van der Waals surface area contributed by atoms with Crippen molar-refractivity contribution in [2.75, 3.05) is 5.32 Å². The molecule has 0 spiro atoms. The molecule has 4 nitrogen and oxygen atoms in total. The summed E-state index contributed by atoms with van der Waals surface area (Å²) in [4.78, 5) is 24.1. The largest absolute Gasteiger partial charge is 0.350 e. The van der Waals surface area contributed by atoms with Gasteiger partial charge in [0, 0.05) is 17.3 Å². The third-order valence-electron chi connectivity index (χ3n) is 3.32. The highest BCUT2D eigenvalue weighted by Gasteiger charge is 2.15. The summed E-state index contributed by atoms with van der Waals surface area (Å²) in [6.45, 7) is 5.44. The van der Waals surface area contributed by atoms with Gasteiger partial charge in [-0.1, -0.05) is 0 Å². The average Bonchev–Trinajstić information content (AvgIpc) is 2.48. The number of anilines is 1. The Morgan fingerprint density at radius 2 is 1.67 bits per heavy atom. The molecule has 0 atom stereocenters. The molecule has 0 bridgehead atoms. The van der Waals surface area contributed by atoms with E-state index >= 15 is 0 Å². The number of hydrogen-bond acceptors (Lipinski definition) is 2. The van der Waals surface area contributed by atoms with E-state index in [9.17, 15) is 18.4 Å². The summed E-state index contributed by atoms with van der Waals surface area (Å²) in [5, 5.41) is 5.28. The van der Waals surface area contributed by atoms with Crippen LogP contribution in [0.25, 0.3) is 0 Å². The predicted octanol–water partition coefficient (Wildman–Crippen LogP) is 3.66. The molecule has 2 aromatic carbocycles. The number of nitrogens with one attached hydrogen (secondary N) is 2. The first kappa shape index (κ1) is 17.6. The molecule has 0 aliphatic carbocycles. The predicted molar refractivity (Wildman–Crippen MR) is 88.1 cm³/mol. The molecule has 0 heterocycles. The highest BCUT2D eigenvalue weighted by molar-refractivity contribution is 6.05. The quantitative estimate of drug-likeness (QED) is 0.897. The molecule has 0 aromatic heterocycles. The van der Waals surface area contributed by atoms with Crippen molar-refractivity contribution < 1.29 is 18.4 Å². The second-order valence-corrected chi connectivity index (χ2v) is 5.74. The summed E-state index contributed by atoms with van der Waals surface area (Å²) < 4.78 is 26.8. The Labute approximate surface area is 138 Å². The molecule has 2 amide bonds. The Hall–Kier alpha value is -2.76. The van der Waals surface area contributed by atoms with Crippen LogP contribution in [0.15, 0.2) is 36.4 Å². The second kappa shape index (κ2) is 7.21. The fraction of sp³-hybridized carbons (Fsp3) is 0.222. The van der Waals surface area contributed by atoms with Crippen LogP contribution in [-0.4, -0.2) is 17.9 Å². The summed E-state index contributed by atoms with van der Waals surface area (Å²) in [5.74, 6) is -2.47. The molecular formula is C18H18F2N2O2. The van der Waals surface area contributed by atoms with Gasteiger partial charge >= 0.3 is 0 Å². The Kier molecular flexibility index (Phi) is 5.28. The Morgan fingerprint density at radius 1 is 0.958 bits per heavy atom. The summed E-state index contributed by atoms with van der Waals surface area (Å²) in [7, 11) is 0. The number of halogens is 2. The first-order valence-corrected chi connectivity index (χ1v) is 7.46. The van der Waals surface area contributed by atoms with Crippen LogP contribution in [0.1, 0.15) is 40.1 Å². The molecule has 2 aromatic rings. The number of rotatable bonds is 4. The van der Waals surface area contributed by atoms with E-state index in [1.807, 2.05) is 13.8 Å². The fourth-order valence-corrected chi connectivity index (χ4v) is 2.21. The molecule has 6 heteroatoms. The van der Waals surface area contributed by atoms with E-state index in [0.717, 1.165) is 18.2 Å². The minimum absolute atomic E-state index is 0.00670. The van der Waals surface area contributed by atoms with Crippen molar-refractivity contribution in [3.8, 4) is 0 Å². The van der Waals surface area contributed by atoms with Gasteiger partial charge in [0.15, 0.2) is 0 Å². The Bertz CT molecular complexity index is 789. The third kappa shape index (κ3) is 4.16. The molecule has 0 saturated carbocycles. The first-order chi connectivity index (χ1) is 11.3. The minimum atomic E-state index is -0.807. The van der Waals surface area contributed by atoms with E-state index in [4.69, 9.17) is 0 Å². The first-order valence-electron chi connectivity index (χ1n) is 7.46. The lowest BCUT2D eigenvalue weighted by atomic mass is 10.1. The monoisotopic (exact) mass is 332 g/mol. The maximum absolute atomic E-state index is 13.6. The van der Waals surface area contributed by atoms with E-state index < -0.39 is 17.5 Å². The van der Waals surface area contributed by atoms with Crippen molar-refractivity contribution in [3.63, 3.8) is 0 Å². The van der Waals surface area contributed by atoms with E-state index in [1.54, 1.807) is 19.1 Å². The lowest BCUT2D eigenvalue weighted by Crippen LogP contribution is -2.30. The molecule has 0 aliphatic heterocycles. The van der Waals surface area contributed by atoms with Crippen LogP contribution in [0.5, 0.6) is 0 Å². The lowest BCUT2D eigenvalue weighted by molar-refractivity contribution is 0.0942. The molecule has 0 fully saturated rings. The standard InChI is InChI=1S/C18H18F2N2O2/c1-10(2)21-17(23)14-6-5-13(8-11(14)3)22-18(24)15-9-12(19)4-7-16(15)20/h4-10H,1-3H3,(H,21,23)(H,22,24). The Morgan fingerprint density at radius 3 is 2.29 bits per heavy atom. The van der Waals surface area contributed by atoms with Crippen LogP contribution < -0.4 is 10.6 Å². The van der Waals surface area contributed by atoms with Gasteiger partial charge in [0.2, 0.25) is 0 Å². The Balaban J connectivity index is 2.19. The molecule has 0 unspecified atom stereocenters. The maximum atomic E-state index is 13.6. The maximum Gasteiger partial charge on any atom is 0.258 e. The number of carbonyl (C=O) groups excluding carboxylic acids is 2. The zero-order valence-electron chi connectivity index (χ0n) is 13.6. The van der Waals surface area contributed by atoms with Crippen molar-refractivity contribution in [1.82, 2.24) is 5.32 Å². The smallest absolute Gasteiger partial charge is 0.258 e. The number of hydrogen-bond donors (Lipinski definition) is 2. The van der Waals surface area contributed by atoms with Crippen LogP contribution in [0.4, 0.5) is 14.5 Å². The van der Waals surface area contributed by atoms with Gasteiger partial charge < -0.3 is 10.6 Å². The van der Waals surface area contributed by atoms with Gasteiger partial charge in [0.05, 0.1) is 5.56 Å². The normalized spacial score (nSPS) is 10.6. The van der Waals surface area contributed by atoms with E-state index in [2.05, 4.69) is 10.6 Å². The average molecular weight is 332 g/mol. The van der Waals surface area contributed by atoms with E-state index in [0.29, 0.717) is 16.8 Å². The van der Waals surface area contributed by atoms with Crippen molar-refractivity contribution in [2.45, 2.75) is 26.8 Å². The molecule has 0 radical (unpaired) electrons. The van der Waals surface area contributed by atoms with Gasteiger partial charge in [-0.25, -0.2) is 8.78 Å². The number of amides is 2. The minimum Gasteiger partial charge on any atom is -0.350 e. The highest BCUT2D eigenvalue weighted by Crippen LogP contribution is 2.18. The summed E-state index contributed by atoms with van der Waals surface area (Å²) in [6.07, 6.45) is 0. The van der Waals surface area contributed by atoms with Crippen LogP contribution in [0.3, 0.4) is 0 Å². The number of aryl methyl sites for hydroxylation is 1. The van der Waals surface area contributed by atoms with E-state index in [-0.39, 0.29) is 17.5 Å².